The lowest BCUT2D eigenvalue weighted by Crippen LogP contribution is -2.34. The minimum atomic E-state index is -3.74. The van der Waals surface area contributed by atoms with E-state index in [1.807, 2.05) is 0 Å². The lowest BCUT2D eigenvalue weighted by Gasteiger charge is -2.17. The predicted octanol–water partition coefficient (Wildman–Crippen LogP) is 2.41. The molecule has 0 amide bonds. The van der Waals surface area contributed by atoms with Gasteiger partial charge in [-0.1, -0.05) is 31.7 Å². The van der Waals surface area contributed by atoms with Crippen LogP contribution in [0.2, 0.25) is 0 Å². The van der Waals surface area contributed by atoms with Gasteiger partial charge in [0.1, 0.15) is 10.7 Å². The molecular formula is C13H19FN2O2S. The molecule has 0 bridgehead atoms. The summed E-state index contributed by atoms with van der Waals surface area (Å²) in [7, 11) is -3.74. The Morgan fingerprint density at radius 2 is 1.79 bits per heavy atom. The minimum Gasteiger partial charge on any atom is -0.395 e. The van der Waals surface area contributed by atoms with Crippen LogP contribution in [-0.2, 0) is 10.0 Å². The number of nitrogens with one attached hydrogen (secondary N) is 1. The summed E-state index contributed by atoms with van der Waals surface area (Å²) in [4.78, 5) is -0.170. The molecule has 1 aromatic rings. The number of para-hydroxylation sites is 1. The summed E-state index contributed by atoms with van der Waals surface area (Å²) >= 11 is 0. The first-order chi connectivity index (χ1) is 9.00. The molecule has 106 valence electrons. The number of benzene rings is 1. The van der Waals surface area contributed by atoms with Crippen LogP contribution in [-0.4, -0.2) is 14.5 Å². The highest BCUT2D eigenvalue weighted by Crippen LogP contribution is 2.23. The molecule has 0 radical (unpaired) electrons. The molecule has 1 aliphatic carbocycles. The fourth-order valence-corrected chi connectivity index (χ4v) is 3.88. The first kappa shape index (κ1) is 14.3. The van der Waals surface area contributed by atoms with Crippen molar-refractivity contribution < 1.29 is 12.8 Å². The Bertz CT molecular complexity index is 538. The molecule has 1 aliphatic rings. The standard InChI is InChI=1S/C13H19FN2O2S/c14-11-8-5-9-12(13(11)15)19(17,18)16-10-6-3-1-2-4-7-10/h5,8-10,16H,1-4,6-7,15H2. The normalized spacial score (nSPS) is 18.2. The monoisotopic (exact) mass is 286 g/mol. The van der Waals surface area contributed by atoms with Crippen LogP contribution < -0.4 is 10.5 Å². The fourth-order valence-electron chi connectivity index (χ4n) is 2.43. The molecule has 1 fully saturated rings. The third-order valence-electron chi connectivity index (χ3n) is 3.48. The Labute approximate surface area is 113 Å². The highest BCUT2D eigenvalue weighted by molar-refractivity contribution is 7.89. The molecule has 3 N–H and O–H groups in total. The van der Waals surface area contributed by atoms with Crippen molar-refractivity contribution in [1.29, 1.82) is 0 Å². The highest BCUT2D eigenvalue weighted by Gasteiger charge is 2.23. The van der Waals surface area contributed by atoms with Gasteiger partial charge in [0, 0.05) is 6.04 Å². The average molecular weight is 286 g/mol. The van der Waals surface area contributed by atoms with Gasteiger partial charge in [-0.05, 0) is 25.0 Å². The summed E-state index contributed by atoms with van der Waals surface area (Å²) in [6, 6.07) is 3.76. The molecule has 1 saturated carbocycles. The zero-order chi connectivity index (χ0) is 13.9. The first-order valence-electron chi connectivity index (χ1n) is 6.57. The summed E-state index contributed by atoms with van der Waals surface area (Å²) in [6.45, 7) is 0. The van der Waals surface area contributed by atoms with E-state index >= 15 is 0 Å². The van der Waals surface area contributed by atoms with E-state index < -0.39 is 15.8 Å². The zero-order valence-corrected chi connectivity index (χ0v) is 11.5. The second-order valence-corrected chi connectivity index (χ2v) is 6.64. The number of halogens is 1. The van der Waals surface area contributed by atoms with Crippen molar-refractivity contribution in [2.75, 3.05) is 5.73 Å². The Balaban J connectivity index is 2.19. The van der Waals surface area contributed by atoms with E-state index in [0.29, 0.717) is 0 Å². The molecule has 0 aromatic heterocycles. The van der Waals surface area contributed by atoms with Crippen molar-refractivity contribution in [1.82, 2.24) is 4.72 Å². The highest BCUT2D eigenvalue weighted by atomic mass is 32.2. The van der Waals surface area contributed by atoms with Crippen LogP contribution >= 0.6 is 0 Å². The van der Waals surface area contributed by atoms with Crippen LogP contribution in [0.25, 0.3) is 0 Å². The maximum absolute atomic E-state index is 13.3. The second-order valence-electron chi connectivity index (χ2n) is 4.96. The number of sulfonamides is 1. The van der Waals surface area contributed by atoms with Gasteiger partial charge >= 0.3 is 0 Å². The van der Waals surface area contributed by atoms with Crippen molar-refractivity contribution in [3.63, 3.8) is 0 Å². The van der Waals surface area contributed by atoms with Crippen LogP contribution in [0.15, 0.2) is 23.1 Å². The van der Waals surface area contributed by atoms with Gasteiger partial charge in [-0.15, -0.1) is 0 Å². The largest absolute Gasteiger partial charge is 0.395 e. The van der Waals surface area contributed by atoms with Gasteiger partial charge in [-0.25, -0.2) is 17.5 Å². The van der Waals surface area contributed by atoms with E-state index in [0.717, 1.165) is 44.6 Å². The summed E-state index contributed by atoms with van der Waals surface area (Å²) < 4.78 is 40.4. The molecule has 0 heterocycles. The zero-order valence-electron chi connectivity index (χ0n) is 10.7. The minimum absolute atomic E-state index is 0.0739. The van der Waals surface area contributed by atoms with Crippen LogP contribution in [0.1, 0.15) is 38.5 Å². The van der Waals surface area contributed by atoms with Gasteiger partial charge in [0.2, 0.25) is 10.0 Å². The van der Waals surface area contributed by atoms with E-state index in [-0.39, 0.29) is 16.6 Å². The van der Waals surface area contributed by atoms with E-state index in [1.165, 1.54) is 12.1 Å². The molecule has 0 aliphatic heterocycles. The fraction of sp³-hybridized carbons (Fsp3) is 0.538. The first-order valence-corrected chi connectivity index (χ1v) is 8.05. The van der Waals surface area contributed by atoms with Gasteiger partial charge in [-0.2, -0.15) is 0 Å². The molecule has 1 aromatic carbocycles. The van der Waals surface area contributed by atoms with E-state index in [4.69, 9.17) is 5.73 Å². The van der Waals surface area contributed by atoms with E-state index in [1.54, 1.807) is 0 Å². The molecule has 2 rings (SSSR count). The van der Waals surface area contributed by atoms with Crippen molar-refractivity contribution in [2.45, 2.75) is 49.5 Å². The number of anilines is 1. The number of rotatable bonds is 3. The molecule has 19 heavy (non-hydrogen) atoms. The second kappa shape index (κ2) is 5.88. The lowest BCUT2D eigenvalue weighted by molar-refractivity contribution is 0.509. The van der Waals surface area contributed by atoms with Crippen molar-refractivity contribution in [3.8, 4) is 0 Å². The Morgan fingerprint density at radius 3 is 2.42 bits per heavy atom. The smallest absolute Gasteiger partial charge is 0.242 e. The molecule has 0 spiro atoms. The van der Waals surface area contributed by atoms with Crippen molar-refractivity contribution in [3.05, 3.63) is 24.0 Å². The topological polar surface area (TPSA) is 72.2 Å². The van der Waals surface area contributed by atoms with E-state index in [2.05, 4.69) is 4.72 Å². The van der Waals surface area contributed by atoms with Crippen molar-refractivity contribution >= 4 is 15.7 Å². The summed E-state index contributed by atoms with van der Waals surface area (Å²) in [5.41, 5.74) is 5.19. The van der Waals surface area contributed by atoms with Gasteiger partial charge in [0.05, 0.1) is 5.69 Å². The molecule has 0 unspecified atom stereocenters. The SMILES string of the molecule is Nc1c(F)cccc1S(=O)(=O)NC1CCCCCC1. The van der Waals surface area contributed by atoms with Gasteiger partial charge < -0.3 is 5.73 Å². The maximum atomic E-state index is 13.3. The molecule has 6 heteroatoms. The number of hydrogen-bond donors (Lipinski definition) is 2. The maximum Gasteiger partial charge on any atom is 0.242 e. The summed E-state index contributed by atoms with van der Waals surface area (Å²) in [5, 5.41) is 0. The lowest BCUT2D eigenvalue weighted by atomic mass is 10.1. The van der Waals surface area contributed by atoms with Crippen molar-refractivity contribution in [2.24, 2.45) is 0 Å². The number of nitrogens with two attached hydrogens (primary N) is 1. The molecule has 4 nitrogen and oxygen atoms in total. The van der Waals surface area contributed by atoms with Gasteiger partial charge in [-0.3, -0.25) is 0 Å². The molecular weight excluding hydrogens is 267 g/mol. The summed E-state index contributed by atoms with van der Waals surface area (Å²) in [6.07, 6.45) is 5.97. The Kier molecular flexibility index (Phi) is 4.42. The Morgan fingerprint density at radius 1 is 1.16 bits per heavy atom. The molecule has 0 saturated heterocycles. The Hall–Kier alpha value is -1.14. The third-order valence-corrected chi connectivity index (χ3v) is 5.06. The van der Waals surface area contributed by atoms with Gasteiger partial charge in [0.15, 0.2) is 0 Å². The van der Waals surface area contributed by atoms with Crippen LogP contribution in [0.4, 0.5) is 10.1 Å². The predicted molar refractivity (Wildman–Crippen MR) is 72.6 cm³/mol. The quantitative estimate of drug-likeness (QED) is 0.662. The van der Waals surface area contributed by atoms with Crippen LogP contribution in [0.3, 0.4) is 0 Å². The third kappa shape index (κ3) is 3.45. The number of hydrogen-bond acceptors (Lipinski definition) is 3. The van der Waals surface area contributed by atoms with Gasteiger partial charge in [0.25, 0.3) is 0 Å². The molecule has 0 atom stereocenters. The average Bonchev–Trinajstić information content (AvgIpc) is 2.60. The number of nitrogen functional groups attached to an aromatic ring is 1. The van der Waals surface area contributed by atoms with Crippen LogP contribution in [0.5, 0.6) is 0 Å². The summed E-state index contributed by atoms with van der Waals surface area (Å²) in [5.74, 6) is -0.705. The van der Waals surface area contributed by atoms with E-state index in [9.17, 15) is 12.8 Å². The van der Waals surface area contributed by atoms with Crippen LogP contribution in [0, 0.1) is 5.82 Å².